The third kappa shape index (κ3) is 3.11. The summed E-state index contributed by atoms with van der Waals surface area (Å²) in [5.74, 6) is 2.54. The molecule has 1 aliphatic heterocycles. The summed E-state index contributed by atoms with van der Waals surface area (Å²) < 4.78 is 16.2. The normalized spacial score (nSPS) is 20.7. The largest absolute Gasteiger partial charge is 0.497 e. The van der Waals surface area contributed by atoms with Crippen molar-refractivity contribution in [3.8, 4) is 11.5 Å². The molecular formula is C19H23NO4. The molecule has 2 atom stereocenters. The zero-order valence-corrected chi connectivity index (χ0v) is 14.3. The second-order valence-corrected chi connectivity index (χ2v) is 6.23. The number of ether oxygens (including phenoxy) is 2. The van der Waals surface area contributed by atoms with Gasteiger partial charge >= 0.3 is 0 Å². The first-order valence-corrected chi connectivity index (χ1v) is 8.20. The highest BCUT2D eigenvalue weighted by atomic mass is 16.5. The van der Waals surface area contributed by atoms with E-state index >= 15 is 0 Å². The van der Waals surface area contributed by atoms with E-state index in [0.717, 1.165) is 18.6 Å². The second-order valence-electron chi connectivity index (χ2n) is 6.23. The lowest BCUT2D eigenvalue weighted by molar-refractivity contribution is 0.0517. The van der Waals surface area contributed by atoms with E-state index in [2.05, 4.69) is 6.92 Å². The first-order valence-electron chi connectivity index (χ1n) is 8.20. The van der Waals surface area contributed by atoms with Crippen LogP contribution in [-0.2, 0) is 0 Å². The van der Waals surface area contributed by atoms with Gasteiger partial charge in [0.25, 0.3) is 5.91 Å². The van der Waals surface area contributed by atoms with E-state index in [-0.39, 0.29) is 11.9 Å². The fourth-order valence-electron chi connectivity index (χ4n) is 3.27. The average molecular weight is 329 g/mol. The average Bonchev–Trinajstić information content (AvgIpc) is 3.15. The minimum Gasteiger partial charge on any atom is -0.497 e. The van der Waals surface area contributed by atoms with Crippen molar-refractivity contribution in [1.82, 2.24) is 4.90 Å². The second kappa shape index (κ2) is 6.99. The number of carbonyl (C=O) groups is 1. The Labute approximate surface area is 142 Å². The van der Waals surface area contributed by atoms with Gasteiger partial charge in [-0.05, 0) is 43.0 Å². The van der Waals surface area contributed by atoms with Gasteiger partial charge in [0.05, 0.1) is 32.1 Å². The van der Waals surface area contributed by atoms with Crippen molar-refractivity contribution in [2.45, 2.75) is 25.8 Å². The van der Waals surface area contributed by atoms with Crippen LogP contribution in [0, 0.1) is 5.92 Å². The number of nitrogens with zero attached hydrogens (tertiary/aromatic N) is 1. The van der Waals surface area contributed by atoms with Crippen molar-refractivity contribution in [3.05, 3.63) is 47.9 Å². The van der Waals surface area contributed by atoms with Gasteiger partial charge in [-0.2, -0.15) is 0 Å². The molecule has 24 heavy (non-hydrogen) atoms. The van der Waals surface area contributed by atoms with E-state index in [1.807, 2.05) is 17.0 Å². The Bertz CT molecular complexity index is 695. The Morgan fingerprint density at radius 2 is 2.08 bits per heavy atom. The van der Waals surface area contributed by atoms with Crippen LogP contribution in [0.2, 0.25) is 0 Å². The summed E-state index contributed by atoms with van der Waals surface area (Å²) in [5, 5.41) is 0. The number of benzene rings is 1. The van der Waals surface area contributed by atoms with E-state index in [4.69, 9.17) is 13.9 Å². The van der Waals surface area contributed by atoms with Gasteiger partial charge in [0, 0.05) is 12.6 Å². The fourth-order valence-corrected chi connectivity index (χ4v) is 3.27. The van der Waals surface area contributed by atoms with Gasteiger partial charge in [0.2, 0.25) is 0 Å². The maximum atomic E-state index is 13.2. The first-order chi connectivity index (χ1) is 11.6. The molecule has 5 nitrogen and oxygen atoms in total. The van der Waals surface area contributed by atoms with E-state index < -0.39 is 0 Å². The van der Waals surface area contributed by atoms with Crippen molar-refractivity contribution in [2.75, 3.05) is 20.8 Å². The number of methoxy groups -OCH3 is 2. The summed E-state index contributed by atoms with van der Waals surface area (Å²) in [4.78, 5) is 15.0. The number of hydrogen-bond acceptors (Lipinski definition) is 4. The molecule has 1 aromatic carbocycles. The standard InChI is InChI=1S/C19H23NO4/c1-13-8-9-20(16(11-13)17-5-4-10-24-17)19(21)15-7-6-14(22-2)12-18(15)23-3/h4-7,10,12-13,16H,8-9,11H2,1-3H3. The Kier molecular flexibility index (Phi) is 4.79. The van der Waals surface area contributed by atoms with Crippen molar-refractivity contribution in [2.24, 2.45) is 5.92 Å². The van der Waals surface area contributed by atoms with Crippen molar-refractivity contribution >= 4 is 5.91 Å². The molecule has 2 unspecified atom stereocenters. The van der Waals surface area contributed by atoms with E-state index in [1.54, 1.807) is 38.7 Å². The van der Waals surface area contributed by atoms with Crippen molar-refractivity contribution in [1.29, 1.82) is 0 Å². The van der Waals surface area contributed by atoms with E-state index in [9.17, 15) is 4.79 Å². The van der Waals surface area contributed by atoms with E-state index in [1.165, 1.54) is 0 Å². The zero-order chi connectivity index (χ0) is 17.1. The quantitative estimate of drug-likeness (QED) is 0.853. The SMILES string of the molecule is COc1ccc(C(=O)N2CCC(C)CC2c2ccco2)c(OC)c1. The van der Waals surface area contributed by atoms with Gasteiger partial charge in [-0.15, -0.1) is 0 Å². The summed E-state index contributed by atoms with van der Waals surface area (Å²) >= 11 is 0. The number of piperidine rings is 1. The molecule has 1 saturated heterocycles. The van der Waals surface area contributed by atoms with Crippen LogP contribution in [0.4, 0.5) is 0 Å². The van der Waals surface area contributed by atoms with Crippen LogP contribution in [0.25, 0.3) is 0 Å². The molecule has 1 aliphatic rings. The maximum absolute atomic E-state index is 13.2. The number of furan rings is 1. The monoisotopic (exact) mass is 329 g/mol. The molecule has 2 aromatic rings. The van der Waals surface area contributed by atoms with Crippen molar-refractivity contribution in [3.63, 3.8) is 0 Å². The number of amides is 1. The Morgan fingerprint density at radius 1 is 1.25 bits per heavy atom. The third-order valence-electron chi connectivity index (χ3n) is 4.64. The molecule has 0 saturated carbocycles. The number of rotatable bonds is 4. The lowest BCUT2D eigenvalue weighted by Crippen LogP contribution is -2.40. The molecule has 1 aromatic heterocycles. The molecule has 0 bridgehead atoms. The summed E-state index contributed by atoms with van der Waals surface area (Å²) in [6, 6.07) is 9.05. The predicted molar refractivity (Wildman–Crippen MR) is 90.4 cm³/mol. The van der Waals surface area contributed by atoms with Crippen LogP contribution in [-0.4, -0.2) is 31.6 Å². The Balaban J connectivity index is 1.92. The van der Waals surface area contributed by atoms with Crippen LogP contribution in [0.3, 0.4) is 0 Å². The molecule has 0 N–H and O–H groups in total. The van der Waals surface area contributed by atoms with Crippen molar-refractivity contribution < 1.29 is 18.7 Å². The highest BCUT2D eigenvalue weighted by molar-refractivity contribution is 5.97. The summed E-state index contributed by atoms with van der Waals surface area (Å²) in [7, 11) is 3.16. The molecule has 3 rings (SSSR count). The summed E-state index contributed by atoms with van der Waals surface area (Å²) in [6.45, 7) is 2.92. The van der Waals surface area contributed by atoms with Crippen LogP contribution in [0.5, 0.6) is 11.5 Å². The Morgan fingerprint density at radius 3 is 2.75 bits per heavy atom. The number of hydrogen-bond donors (Lipinski definition) is 0. The smallest absolute Gasteiger partial charge is 0.258 e. The van der Waals surface area contributed by atoms with E-state index in [0.29, 0.717) is 29.5 Å². The molecule has 128 valence electrons. The maximum Gasteiger partial charge on any atom is 0.258 e. The Hall–Kier alpha value is -2.43. The number of likely N-dealkylation sites (tertiary alicyclic amines) is 1. The molecule has 0 spiro atoms. The molecular weight excluding hydrogens is 306 g/mol. The highest BCUT2D eigenvalue weighted by Crippen LogP contribution is 2.36. The van der Waals surface area contributed by atoms with Crippen LogP contribution < -0.4 is 9.47 Å². The van der Waals surface area contributed by atoms with Crippen LogP contribution in [0.15, 0.2) is 41.0 Å². The first kappa shape index (κ1) is 16.4. The molecule has 1 fully saturated rings. The minimum absolute atomic E-state index is 0.0388. The molecule has 0 aliphatic carbocycles. The van der Waals surface area contributed by atoms with Crippen LogP contribution in [0.1, 0.15) is 41.9 Å². The topological polar surface area (TPSA) is 51.9 Å². The fraction of sp³-hybridized carbons (Fsp3) is 0.421. The lowest BCUT2D eigenvalue weighted by Gasteiger charge is -2.37. The number of carbonyl (C=O) groups excluding carboxylic acids is 1. The molecule has 5 heteroatoms. The minimum atomic E-state index is -0.0391. The summed E-state index contributed by atoms with van der Waals surface area (Å²) in [5.41, 5.74) is 0.546. The highest BCUT2D eigenvalue weighted by Gasteiger charge is 2.34. The molecule has 0 radical (unpaired) electrons. The van der Waals surface area contributed by atoms with Crippen LogP contribution >= 0.6 is 0 Å². The van der Waals surface area contributed by atoms with Gasteiger partial charge < -0.3 is 18.8 Å². The third-order valence-corrected chi connectivity index (χ3v) is 4.64. The molecule has 2 heterocycles. The van der Waals surface area contributed by atoms with Gasteiger partial charge in [-0.25, -0.2) is 0 Å². The predicted octanol–water partition coefficient (Wildman–Crippen LogP) is 3.91. The lowest BCUT2D eigenvalue weighted by atomic mass is 9.90. The van der Waals surface area contributed by atoms with Gasteiger partial charge in [-0.3, -0.25) is 4.79 Å². The molecule has 1 amide bonds. The van der Waals surface area contributed by atoms with Gasteiger partial charge in [0.1, 0.15) is 17.3 Å². The summed E-state index contributed by atoms with van der Waals surface area (Å²) in [6.07, 6.45) is 3.55. The zero-order valence-electron chi connectivity index (χ0n) is 14.3. The van der Waals surface area contributed by atoms with Gasteiger partial charge in [-0.1, -0.05) is 6.92 Å². The van der Waals surface area contributed by atoms with Gasteiger partial charge in [0.15, 0.2) is 0 Å².